The van der Waals surface area contributed by atoms with E-state index in [9.17, 15) is 21.6 Å². The molecule has 0 saturated heterocycles. The molecule has 1 atom stereocenters. The van der Waals surface area contributed by atoms with Gasteiger partial charge in [0.2, 0.25) is 10.0 Å². The van der Waals surface area contributed by atoms with Crippen molar-refractivity contribution < 1.29 is 26.8 Å². The van der Waals surface area contributed by atoms with Gasteiger partial charge >= 0.3 is 0 Å². The maximum Gasteiger partial charge on any atom is 0.247 e. The lowest BCUT2D eigenvalue weighted by molar-refractivity contribution is 0.313. The number of sulfonamides is 1. The number of hydrogen-bond acceptors (Lipinski definition) is 4. The molecule has 1 aromatic carbocycles. The van der Waals surface area contributed by atoms with E-state index in [2.05, 4.69) is 5.16 Å². The van der Waals surface area contributed by atoms with Gasteiger partial charge in [0, 0.05) is 12.1 Å². The lowest BCUT2D eigenvalue weighted by atomic mass is 10.1. The summed E-state index contributed by atoms with van der Waals surface area (Å²) >= 11 is 0. The van der Waals surface area contributed by atoms with Gasteiger partial charge in [-0.3, -0.25) is 0 Å². The first-order chi connectivity index (χ1) is 9.60. The molecule has 0 aromatic heterocycles. The van der Waals surface area contributed by atoms with Gasteiger partial charge in [-0.2, -0.15) is 4.72 Å². The van der Waals surface area contributed by atoms with Crippen molar-refractivity contribution in [1.82, 2.24) is 4.72 Å². The highest BCUT2D eigenvalue weighted by atomic mass is 32.2. The summed E-state index contributed by atoms with van der Waals surface area (Å²) in [7, 11) is -4.68. The van der Waals surface area contributed by atoms with Crippen LogP contribution in [0.4, 0.5) is 13.2 Å². The van der Waals surface area contributed by atoms with E-state index >= 15 is 0 Å². The van der Waals surface area contributed by atoms with Crippen LogP contribution in [0.5, 0.6) is 0 Å². The van der Waals surface area contributed by atoms with Crippen molar-refractivity contribution in [3.05, 3.63) is 29.6 Å². The Morgan fingerprint density at radius 2 is 1.76 bits per heavy atom. The molecule has 21 heavy (non-hydrogen) atoms. The lowest BCUT2D eigenvalue weighted by Gasteiger charge is -2.21. The smallest absolute Gasteiger partial charge is 0.247 e. The molecule has 0 saturated carbocycles. The molecule has 118 valence electrons. The second-order valence-corrected chi connectivity index (χ2v) is 6.22. The van der Waals surface area contributed by atoms with Crippen molar-refractivity contribution in [3.8, 4) is 0 Å². The summed E-state index contributed by atoms with van der Waals surface area (Å²) < 4.78 is 65.8. The average Bonchev–Trinajstić information content (AvgIpc) is 2.33. The Labute approximate surface area is 119 Å². The van der Waals surface area contributed by atoms with Crippen LogP contribution in [0.1, 0.15) is 13.8 Å². The van der Waals surface area contributed by atoms with Gasteiger partial charge in [0.1, 0.15) is 17.5 Å². The molecule has 0 fully saturated rings. The van der Waals surface area contributed by atoms with Crippen molar-refractivity contribution in [1.29, 1.82) is 0 Å². The monoisotopic (exact) mass is 325 g/mol. The summed E-state index contributed by atoms with van der Waals surface area (Å²) in [5.74, 6) is -5.36. The van der Waals surface area contributed by atoms with Gasteiger partial charge in [0.15, 0.2) is 10.7 Å². The van der Waals surface area contributed by atoms with E-state index in [0.29, 0.717) is 0 Å². The van der Waals surface area contributed by atoms with Crippen LogP contribution in [-0.4, -0.2) is 25.5 Å². The highest BCUT2D eigenvalue weighted by Crippen LogP contribution is 2.21. The summed E-state index contributed by atoms with van der Waals surface area (Å²) in [6, 6.07) is -0.708. The van der Waals surface area contributed by atoms with Gasteiger partial charge < -0.3 is 10.9 Å². The fourth-order valence-corrected chi connectivity index (χ4v) is 3.09. The van der Waals surface area contributed by atoms with E-state index in [-0.39, 0.29) is 12.1 Å². The number of nitrogens with two attached hydrogens (primary N) is 1. The Hall–Kier alpha value is -1.81. The van der Waals surface area contributed by atoms with Crippen LogP contribution in [0.3, 0.4) is 0 Å². The lowest BCUT2D eigenvalue weighted by Crippen LogP contribution is -2.48. The number of halogens is 3. The van der Waals surface area contributed by atoms with E-state index in [0.717, 1.165) is 0 Å². The zero-order chi connectivity index (χ0) is 16.4. The van der Waals surface area contributed by atoms with Crippen molar-refractivity contribution in [3.63, 3.8) is 0 Å². The molecule has 10 heteroatoms. The largest absolute Gasteiger partial charge is 0.409 e. The Morgan fingerprint density at radius 3 is 2.14 bits per heavy atom. The van der Waals surface area contributed by atoms with Crippen molar-refractivity contribution >= 4 is 15.9 Å². The summed E-state index contributed by atoms with van der Waals surface area (Å²) in [5.41, 5.74) is 5.33. The first-order valence-electron chi connectivity index (χ1n) is 5.74. The summed E-state index contributed by atoms with van der Waals surface area (Å²) in [5, 5.41) is 11.3. The maximum atomic E-state index is 13.5. The Morgan fingerprint density at radius 1 is 1.29 bits per heavy atom. The van der Waals surface area contributed by atoms with Gasteiger partial charge in [-0.1, -0.05) is 19.0 Å². The van der Waals surface area contributed by atoms with Gasteiger partial charge in [0.25, 0.3) is 0 Å². The summed E-state index contributed by atoms with van der Waals surface area (Å²) in [6.07, 6.45) is 0. The second kappa shape index (κ2) is 6.31. The average molecular weight is 325 g/mol. The molecular formula is C11H14F3N3O3S. The molecule has 1 aromatic rings. The summed E-state index contributed by atoms with van der Waals surface area (Å²) in [6.45, 7) is 3.09. The number of nitrogens with zero attached hydrogens (tertiary/aromatic N) is 1. The van der Waals surface area contributed by atoms with Crippen LogP contribution in [0.15, 0.2) is 22.2 Å². The molecule has 0 spiro atoms. The van der Waals surface area contributed by atoms with E-state index in [1.807, 2.05) is 4.72 Å². The number of rotatable bonds is 5. The van der Waals surface area contributed by atoms with Gasteiger partial charge in [-0.15, -0.1) is 0 Å². The molecule has 1 rings (SSSR count). The van der Waals surface area contributed by atoms with E-state index in [1.54, 1.807) is 13.8 Å². The quantitative estimate of drug-likeness (QED) is 0.327. The van der Waals surface area contributed by atoms with Crippen LogP contribution >= 0.6 is 0 Å². The Bertz CT molecular complexity index is 639. The van der Waals surface area contributed by atoms with Crippen molar-refractivity contribution in [2.75, 3.05) is 0 Å². The van der Waals surface area contributed by atoms with Crippen LogP contribution < -0.4 is 10.5 Å². The van der Waals surface area contributed by atoms with Crippen LogP contribution in [-0.2, 0) is 10.0 Å². The minimum Gasteiger partial charge on any atom is -0.409 e. The molecule has 4 N–H and O–H groups in total. The topological polar surface area (TPSA) is 105 Å². The normalized spacial score (nSPS) is 14.5. The van der Waals surface area contributed by atoms with Crippen LogP contribution in [0.25, 0.3) is 0 Å². The second-order valence-electron chi connectivity index (χ2n) is 4.57. The van der Waals surface area contributed by atoms with Crippen molar-refractivity contribution in [2.45, 2.75) is 24.8 Å². The van der Waals surface area contributed by atoms with Gasteiger partial charge in [-0.05, 0) is 5.92 Å². The van der Waals surface area contributed by atoms with Crippen molar-refractivity contribution in [2.24, 2.45) is 16.8 Å². The highest BCUT2D eigenvalue weighted by molar-refractivity contribution is 7.89. The van der Waals surface area contributed by atoms with E-state index in [4.69, 9.17) is 10.9 Å². The maximum absolute atomic E-state index is 13.5. The fourth-order valence-electron chi connectivity index (χ4n) is 1.61. The zero-order valence-corrected chi connectivity index (χ0v) is 12.0. The van der Waals surface area contributed by atoms with E-state index in [1.165, 1.54) is 0 Å². The zero-order valence-electron chi connectivity index (χ0n) is 11.1. The number of hydrogen-bond donors (Lipinski definition) is 3. The summed E-state index contributed by atoms with van der Waals surface area (Å²) in [4.78, 5) is -1.33. The molecule has 6 nitrogen and oxygen atoms in total. The Kier molecular flexibility index (Phi) is 5.18. The molecule has 1 unspecified atom stereocenters. The predicted molar refractivity (Wildman–Crippen MR) is 68.7 cm³/mol. The molecule has 0 aliphatic heterocycles. The first-order valence-corrected chi connectivity index (χ1v) is 7.22. The minimum absolute atomic E-state index is 0.242. The third-order valence-electron chi connectivity index (χ3n) is 2.61. The predicted octanol–water partition coefficient (Wildman–Crippen LogP) is 1.15. The number of oxime groups is 1. The van der Waals surface area contributed by atoms with Crippen LogP contribution in [0.2, 0.25) is 0 Å². The fraction of sp³-hybridized carbons (Fsp3) is 0.364. The first kappa shape index (κ1) is 17.2. The molecule has 0 amide bonds. The third-order valence-corrected chi connectivity index (χ3v) is 4.11. The molecular weight excluding hydrogens is 311 g/mol. The Balaban J connectivity index is 3.30. The minimum atomic E-state index is -4.68. The van der Waals surface area contributed by atoms with Gasteiger partial charge in [0.05, 0.1) is 6.04 Å². The standard InChI is InChI=1S/C11H14F3N3O3S/c1-5(2)9(11(15)16-18)17-21(19,20)10-7(13)3-6(12)4-8(10)14/h3-5,9,17-18H,1-2H3,(H2,15,16). The molecule has 0 aliphatic carbocycles. The molecule has 0 heterocycles. The number of nitrogens with one attached hydrogen (secondary N) is 1. The third kappa shape index (κ3) is 3.85. The van der Waals surface area contributed by atoms with Crippen LogP contribution in [0, 0.1) is 23.4 Å². The number of benzene rings is 1. The molecule has 0 radical (unpaired) electrons. The molecule has 0 aliphatic rings. The molecule has 0 bridgehead atoms. The van der Waals surface area contributed by atoms with E-state index < -0.39 is 50.2 Å². The SMILES string of the molecule is CC(C)C(NS(=O)(=O)c1c(F)cc(F)cc1F)C(N)=NO. The number of amidine groups is 1. The van der Waals surface area contributed by atoms with Gasteiger partial charge in [-0.25, -0.2) is 21.6 Å². The highest BCUT2D eigenvalue weighted by Gasteiger charge is 2.30.